The van der Waals surface area contributed by atoms with Crippen molar-refractivity contribution in [2.45, 2.75) is 50.5 Å². The Balaban J connectivity index is 1.28. The van der Waals surface area contributed by atoms with Gasteiger partial charge in [0.15, 0.2) is 10.8 Å². The van der Waals surface area contributed by atoms with Gasteiger partial charge in [0, 0.05) is 50.1 Å². The van der Waals surface area contributed by atoms with Crippen LogP contribution in [-0.4, -0.2) is 70.2 Å². The molecule has 39 heavy (non-hydrogen) atoms. The third-order valence-corrected chi connectivity index (χ3v) is 8.74. The van der Waals surface area contributed by atoms with Gasteiger partial charge in [-0.05, 0) is 38.3 Å². The summed E-state index contributed by atoms with van der Waals surface area (Å²) in [5.74, 6) is -0.854. The van der Waals surface area contributed by atoms with Crippen LogP contribution in [0, 0.1) is 11.6 Å². The first-order valence-electron chi connectivity index (χ1n) is 13.3. The minimum Gasteiger partial charge on any atom is -0.380 e. The lowest BCUT2D eigenvalue weighted by Crippen LogP contribution is -2.43. The zero-order chi connectivity index (χ0) is 26.7. The molecule has 3 aromatic heterocycles. The van der Waals surface area contributed by atoms with E-state index in [9.17, 15) is 4.39 Å². The lowest BCUT2D eigenvalue weighted by molar-refractivity contribution is -0.0178. The number of halogens is 2. The molecular formula is C27H29F2N7O2S. The number of nitrogens with zero attached hydrogens (tertiary/aromatic N) is 7. The molecule has 5 heterocycles. The van der Waals surface area contributed by atoms with Crippen LogP contribution in [-0.2, 0) is 9.47 Å². The van der Waals surface area contributed by atoms with Crippen LogP contribution >= 0.6 is 11.3 Å². The molecule has 204 valence electrons. The molecule has 4 aromatic rings. The monoisotopic (exact) mass is 553 g/mol. The molecule has 0 spiro atoms. The third kappa shape index (κ3) is 4.74. The number of aromatic nitrogens is 5. The van der Waals surface area contributed by atoms with Crippen molar-refractivity contribution in [3.05, 3.63) is 47.8 Å². The van der Waals surface area contributed by atoms with Crippen LogP contribution in [0.15, 0.2) is 30.6 Å². The predicted molar refractivity (Wildman–Crippen MR) is 144 cm³/mol. The van der Waals surface area contributed by atoms with E-state index in [-0.39, 0.29) is 23.9 Å². The number of ether oxygens (including phenoxy) is 2. The second-order valence-corrected chi connectivity index (χ2v) is 11.5. The Hall–Kier alpha value is -3.22. The van der Waals surface area contributed by atoms with Gasteiger partial charge >= 0.3 is 0 Å². The summed E-state index contributed by atoms with van der Waals surface area (Å²) in [5, 5.41) is 5.32. The maximum atomic E-state index is 15.1. The Morgan fingerprint density at radius 2 is 1.92 bits per heavy atom. The largest absolute Gasteiger partial charge is 0.380 e. The molecule has 0 radical (unpaired) electrons. The van der Waals surface area contributed by atoms with Gasteiger partial charge in [0.2, 0.25) is 5.95 Å². The number of methoxy groups -OCH3 is 1. The Kier molecular flexibility index (Phi) is 6.20. The molecule has 3 fully saturated rings. The topological polar surface area (TPSA) is 81.4 Å². The van der Waals surface area contributed by atoms with E-state index in [4.69, 9.17) is 24.4 Å². The summed E-state index contributed by atoms with van der Waals surface area (Å²) in [6, 6.07) is 4.06. The van der Waals surface area contributed by atoms with Crippen molar-refractivity contribution in [2.75, 3.05) is 43.1 Å². The number of hydrogen-bond acceptors (Lipinski definition) is 9. The molecular weight excluding hydrogens is 524 g/mol. The SMILES string of the molecule is CO[C@@H]1CCN(c2nc3nc(N4C[C@@H](c5cnn(C6CC6)c5)O[C@@H](C)C4)nc(-c4ccc(F)cc4F)c3s2)C1. The van der Waals surface area contributed by atoms with Crippen molar-refractivity contribution in [3.8, 4) is 11.3 Å². The highest BCUT2D eigenvalue weighted by Gasteiger charge is 2.32. The molecule has 0 amide bonds. The number of hydrogen-bond donors (Lipinski definition) is 0. The molecule has 3 atom stereocenters. The molecule has 9 nitrogen and oxygen atoms in total. The van der Waals surface area contributed by atoms with Crippen molar-refractivity contribution < 1.29 is 18.3 Å². The zero-order valence-corrected chi connectivity index (χ0v) is 22.6. The van der Waals surface area contributed by atoms with Crippen molar-refractivity contribution in [2.24, 2.45) is 0 Å². The molecule has 2 saturated heterocycles. The lowest BCUT2D eigenvalue weighted by atomic mass is 10.1. The number of morpholine rings is 1. The van der Waals surface area contributed by atoms with Crippen molar-refractivity contribution in [1.82, 2.24) is 24.7 Å². The summed E-state index contributed by atoms with van der Waals surface area (Å²) in [6.07, 6.45) is 7.02. The van der Waals surface area contributed by atoms with Crippen molar-refractivity contribution >= 4 is 32.8 Å². The molecule has 1 saturated carbocycles. The van der Waals surface area contributed by atoms with Crippen LogP contribution in [0.3, 0.4) is 0 Å². The predicted octanol–water partition coefficient (Wildman–Crippen LogP) is 4.75. The van der Waals surface area contributed by atoms with Gasteiger partial charge in [-0.15, -0.1) is 0 Å². The van der Waals surface area contributed by atoms with Gasteiger partial charge in [0.05, 0.1) is 36.7 Å². The second kappa shape index (κ2) is 9.76. The van der Waals surface area contributed by atoms with Gasteiger partial charge in [0.25, 0.3) is 0 Å². The van der Waals surface area contributed by atoms with Crippen LogP contribution in [0.1, 0.15) is 43.9 Å². The molecule has 7 rings (SSSR count). The van der Waals surface area contributed by atoms with E-state index < -0.39 is 11.6 Å². The Labute approximate surface area is 228 Å². The molecule has 3 aliphatic rings. The number of fused-ring (bicyclic) bond motifs is 1. The highest BCUT2D eigenvalue weighted by molar-refractivity contribution is 7.22. The Morgan fingerprint density at radius 3 is 2.69 bits per heavy atom. The van der Waals surface area contributed by atoms with E-state index >= 15 is 4.39 Å². The minimum absolute atomic E-state index is 0.0834. The summed E-state index contributed by atoms with van der Waals surface area (Å²) in [4.78, 5) is 18.8. The fraction of sp³-hybridized carbons (Fsp3) is 0.481. The normalized spacial score (nSPS) is 23.7. The van der Waals surface area contributed by atoms with Crippen molar-refractivity contribution in [3.63, 3.8) is 0 Å². The maximum absolute atomic E-state index is 15.1. The fourth-order valence-electron chi connectivity index (χ4n) is 5.39. The lowest BCUT2D eigenvalue weighted by Gasteiger charge is -2.36. The van der Waals surface area contributed by atoms with E-state index in [1.807, 2.05) is 17.8 Å². The molecule has 1 aromatic carbocycles. The van der Waals surface area contributed by atoms with E-state index in [1.54, 1.807) is 7.11 Å². The summed E-state index contributed by atoms with van der Waals surface area (Å²) in [5.41, 5.74) is 2.15. The zero-order valence-electron chi connectivity index (χ0n) is 21.8. The van der Waals surface area contributed by atoms with E-state index in [2.05, 4.69) is 21.1 Å². The Bertz CT molecular complexity index is 1520. The van der Waals surface area contributed by atoms with E-state index in [1.165, 1.54) is 23.5 Å². The van der Waals surface area contributed by atoms with E-state index in [0.717, 1.165) is 49.1 Å². The number of thiazole rings is 1. The van der Waals surface area contributed by atoms with Gasteiger partial charge in [-0.1, -0.05) is 11.3 Å². The molecule has 0 bridgehead atoms. The summed E-state index contributed by atoms with van der Waals surface area (Å²) in [6.45, 7) is 4.66. The average molecular weight is 554 g/mol. The first kappa shape index (κ1) is 24.8. The first-order valence-corrected chi connectivity index (χ1v) is 14.1. The average Bonchev–Trinajstić information content (AvgIpc) is 3.31. The molecule has 12 heteroatoms. The number of rotatable bonds is 6. The molecule has 1 aliphatic carbocycles. The third-order valence-electron chi connectivity index (χ3n) is 7.62. The Morgan fingerprint density at radius 1 is 1.05 bits per heavy atom. The van der Waals surface area contributed by atoms with E-state index in [0.29, 0.717) is 41.1 Å². The summed E-state index contributed by atoms with van der Waals surface area (Å²) < 4.78 is 43.4. The van der Waals surface area contributed by atoms with Crippen LogP contribution < -0.4 is 9.80 Å². The standard InChI is InChI=1S/C27H29F2N7O2S/c1-15-11-35(14-22(38-15)16-10-30-36(12-16)18-4-5-18)26-31-23(20-6-3-17(28)9-21(20)29)24-25(32-26)33-27(39-24)34-8-7-19(13-34)37-2/h3,6,9-10,12,15,18-19,22H,4-5,7-8,11,13-14H2,1-2H3/t15-,19+,22-/m0/s1. The fourth-order valence-corrected chi connectivity index (χ4v) is 6.44. The second-order valence-electron chi connectivity index (χ2n) is 10.6. The number of anilines is 2. The highest BCUT2D eigenvalue weighted by Crippen LogP contribution is 2.39. The quantitative estimate of drug-likeness (QED) is 0.338. The van der Waals surface area contributed by atoms with Gasteiger partial charge in [-0.2, -0.15) is 15.1 Å². The van der Waals surface area contributed by atoms with Crippen LogP contribution in [0.25, 0.3) is 21.6 Å². The smallest absolute Gasteiger partial charge is 0.228 e. The first-order chi connectivity index (χ1) is 18.9. The molecule has 0 unspecified atom stereocenters. The maximum Gasteiger partial charge on any atom is 0.228 e. The summed E-state index contributed by atoms with van der Waals surface area (Å²) >= 11 is 1.43. The summed E-state index contributed by atoms with van der Waals surface area (Å²) in [7, 11) is 1.72. The van der Waals surface area contributed by atoms with Crippen LogP contribution in [0.4, 0.5) is 19.9 Å². The highest BCUT2D eigenvalue weighted by atomic mass is 32.1. The minimum atomic E-state index is -0.669. The van der Waals surface area contributed by atoms with Gasteiger partial charge in [-0.25, -0.2) is 13.8 Å². The molecule has 0 N–H and O–H groups in total. The van der Waals surface area contributed by atoms with Gasteiger partial charge in [0.1, 0.15) is 22.4 Å². The van der Waals surface area contributed by atoms with Gasteiger partial charge in [-0.3, -0.25) is 4.68 Å². The van der Waals surface area contributed by atoms with Crippen molar-refractivity contribution in [1.29, 1.82) is 0 Å². The number of benzene rings is 1. The van der Waals surface area contributed by atoms with Gasteiger partial charge < -0.3 is 19.3 Å². The van der Waals surface area contributed by atoms with Crippen LogP contribution in [0.2, 0.25) is 0 Å². The van der Waals surface area contributed by atoms with Crippen LogP contribution in [0.5, 0.6) is 0 Å². The molecule has 2 aliphatic heterocycles.